The van der Waals surface area contributed by atoms with Crippen LogP contribution in [0.3, 0.4) is 0 Å². The van der Waals surface area contributed by atoms with Crippen LogP contribution in [0.25, 0.3) is 0 Å². The van der Waals surface area contributed by atoms with Crippen LogP contribution in [0.2, 0.25) is 0 Å². The fourth-order valence-corrected chi connectivity index (χ4v) is 3.10. The lowest BCUT2D eigenvalue weighted by molar-refractivity contribution is 0.160. The lowest BCUT2D eigenvalue weighted by Crippen LogP contribution is -2.50. The predicted octanol–water partition coefficient (Wildman–Crippen LogP) is 2.42. The molecule has 1 aliphatic heterocycles. The molecule has 0 bridgehead atoms. The summed E-state index contributed by atoms with van der Waals surface area (Å²) < 4.78 is 0. The molecule has 2 aliphatic rings. The van der Waals surface area contributed by atoms with Gasteiger partial charge in [-0.3, -0.25) is 4.99 Å². The standard InChI is InChI=1S/C14H27N3/c1-17(2)14(9-5-6-10-14)12-16-13-8-4-3-7-11-15-13/h3-12H2,1-2H3,(H,15,16). The van der Waals surface area contributed by atoms with E-state index in [4.69, 9.17) is 0 Å². The van der Waals surface area contributed by atoms with Gasteiger partial charge in [-0.05, 0) is 39.8 Å². The van der Waals surface area contributed by atoms with Crippen molar-refractivity contribution in [2.45, 2.75) is 56.9 Å². The molecule has 0 aromatic heterocycles. The van der Waals surface area contributed by atoms with Crippen molar-refractivity contribution in [2.75, 3.05) is 27.2 Å². The van der Waals surface area contributed by atoms with Crippen molar-refractivity contribution in [3.8, 4) is 0 Å². The Hall–Kier alpha value is -0.570. The number of hydrogen-bond donors (Lipinski definition) is 1. The van der Waals surface area contributed by atoms with Gasteiger partial charge in [0.25, 0.3) is 0 Å². The normalized spacial score (nSPS) is 24.5. The molecule has 0 aromatic carbocycles. The third-order valence-corrected chi connectivity index (χ3v) is 4.48. The van der Waals surface area contributed by atoms with Crippen molar-refractivity contribution in [2.24, 2.45) is 4.99 Å². The second-order valence-corrected chi connectivity index (χ2v) is 5.82. The van der Waals surface area contributed by atoms with E-state index in [9.17, 15) is 0 Å². The van der Waals surface area contributed by atoms with Crippen molar-refractivity contribution in [1.82, 2.24) is 10.2 Å². The monoisotopic (exact) mass is 237 g/mol. The highest BCUT2D eigenvalue weighted by molar-refractivity contribution is 5.82. The van der Waals surface area contributed by atoms with E-state index in [2.05, 4.69) is 29.3 Å². The van der Waals surface area contributed by atoms with Gasteiger partial charge >= 0.3 is 0 Å². The molecule has 1 saturated carbocycles. The van der Waals surface area contributed by atoms with Gasteiger partial charge in [-0.2, -0.15) is 0 Å². The van der Waals surface area contributed by atoms with E-state index in [-0.39, 0.29) is 0 Å². The molecule has 0 aromatic rings. The first kappa shape index (κ1) is 12.9. The summed E-state index contributed by atoms with van der Waals surface area (Å²) in [4.78, 5) is 7.08. The van der Waals surface area contributed by atoms with E-state index in [0.29, 0.717) is 5.54 Å². The van der Waals surface area contributed by atoms with Gasteiger partial charge in [0.2, 0.25) is 0 Å². The number of amidine groups is 1. The van der Waals surface area contributed by atoms with Gasteiger partial charge in [0.05, 0.1) is 5.84 Å². The van der Waals surface area contributed by atoms with E-state index in [1.165, 1.54) is 50.8 Å². The first-order valence-corrected chi connectivity index (χ1v) is 7.18. The summed E-state index contributed by atoms with van der Waals surface area (Å²) in [5.74, 6) is 1.26. The molecule has 0 spiro atoms. The maximum Gasteiger partial charge on any atom is 0.0963 e. The Morgan fingerprint density at radius 3 is 2.59 bits per heavy atom. The lowest BCUT2D eigenvalue weighted by Gasteiger charge is -2.37. The second kappa shape index (κ2) is 5.85. The second-order valence-electron chi connectivity index (χ2n) is 5.82. The van der Waals surface area contributed by atoms with Gasteiger partial charge < -0.3 is 10.2 Å². The summed E-state index contributed by atoms with van der Waals surface area (Å²) in [7, 11) is 4.45. The highest BCUT2D eigenvalue weighted by Gasteiger charge is 2.35. The van der Waals surface area contributed by atoms with Crippen LogP contribution in [0.1, 0.15) is 51.4 Å². The average Bonchev–Trinajstić information content (AvgIpc) is 2.65. The van der Waals surface area contributed by atoms with Crippen LogP contribution in [-0.4, -0.2) is 43.5 Å². The first-order valence-electron chi connectivity index (χ1n) is 7.18. The number of aliphatic imine (C=N–C) groups is 1. The van der Waals surface area contributed by atoms with Crippen LogP contribution in [-0.2, 0) is 0 Å². The third-order valence-electron chi connectivity index (χ3n) is 4.48. The molecule has 1 N–H and O–H groups in total. The molecule has 0 saturated heterocycles. The van der Waals surface area contributed by atoms with Gasteiger partial charge in [0, 0.05) is 25.0 Å². The van der Waals surface area contributed by atoms with Gasteiger partial charge in [-0.15, -0.1) is 0 Å². The molecule has 3 nitrogen and oxygen atoms in total. The van der Waals surface area contributed by atoms with Crippen LogP contribution < -0.4 is 5.32 Å². The molecule has 3 heteroatoms. The lowest BCUT2D eigenvalue weighted by atomic mass is 9.96. The van der Waals surface area contributed by atoms with Gasteiger partial charge in [-0.1, -0.05) is 19.3 Å². The van der Waals surface area contributed by atoms with E-state index in [1.54, 1.807) is 0 Å². The summed E-state index contributed by atoms with van der Waals surface area (Å²) in [6, 6.07) is 0. The highest BCUT2D eigenvalue weighted by Crippen LogP contribution is 2.33. The molecular weight excluding hydrogens is 210 g/mol. The topological polar surface area (TPSA) is 27.6 Å². The number of rotatable bonds is 3. The van der Waals surface area contributed by atoms with Crippen molar-refractivity contribution >= 4 is 5.84 Å². The maximum atomic E-state index is 4.66. The number of nitrogens with zero attached hydrogens (tertiary/aromatic N) is 2. The third kappa shape index (κ3) is 3.21. The maximum absolute atomic E-state index is 4.66. The molecule has 1 aliphatic carbocycles. The van der Waals surface area contributed by atoms with E-state index < -0.39 is 0 Å². The zero-order chi connectivity index (χ0) is 12.1. The Kier molecular flexibility index (Phi) is 4.43. The zero-order valence-corrected chi connectivity index (χ0v) is 11.5. The molecule has 0 amide bonds. The van der Waals surface area contributed by atoms with Crippen LogP contribution in [0.5, 0.6) is 0 Å². The van der Waals surface area contributed by atoms with E-state index >= 15 is 0 Å². The molecule has 1 fully saturated rings. The number of nitrogens with one attached hydrogen (secondary N) is 1. The first-order chi connectivity index (χ1) is 8.23. The van der Waals surface area contributed by atoms with E-state index in [1.807, 2.05) is 0 Å². The minimum atomic E-state index is 0.384. The van der Waals surface area contributed by atoms with Crippen LogP contribution in [0, 0.1) is 0 Å². The van der Waals surface area contributed by atoms with Crippen LogP contribution in [0.4, 0.5) is 0 Å². The largest absolute Gasteiger partial charge is 0.372 e. The Labute approximate surface area is 106 Å². The van der Waals surface area contributed by atoms with E-state index in [0.717, 1.165) is 19.5 Å². The van der Waals surface area contributed by atoms with Gasteiger partial charge in [0.15, 0.2) is 0 Å². The number of hydrogen-bond acceptors (Lipinski definition) is 3. The summed E-state index contributed by atoms with van der Waals surface area (Å²) >= 11 is 0. The van der Waals surface area contributed by atoms with Crippen molar-refractivity contribution < 1.29 is 0 Å². The molecule has 1 heterocycles. The molecule has 98 valence electrons. The molecule has 0 atom stereocenters. The summed E-state index contributed by atoms with van der Waals surface area (Å²) in [6.45, 7) is 2.11. The summed E-state index contributed by atoms with van der Waals surface area (Å²) in [5, 5.41) is 3.63. The van der Waals surface area contributed by atoms with Crippen LogP contribution >= 0.6 is 0 Å². The quantitative estimate of drug-likeness (QED) is 0.816. The molecule has 17 heavy (non-hydrogen) atoms. The molecule has 2 rings (SSSR count). The minimum absolute atomic E-state index is 0.384. The Morgan fingerprint density at radius 2 is 1.88 bits per heavy atom. The van der Waals surface area contributed by atoms with Crippen molar-refractivity contribution in [1.29, 1.82) is 0 Å². The van der Waals surface area contributed by atoms with Gasteiger partial charge in [-0.25, -0.2) is 0 Å². The predicted molar refractivity (Wildman–Crippen MR) is 73.7 cm³/mol. The smallest absolute Gasteiger partial charge is 0.0963 e. The Balaban J connectivity index is 1.88. The summed E-state index contributed by atoms with van der Waals surface area (Å²) in [6.07, 6.45) is 10.5. The SMILES string of the molecule is CN(C)C1(CNC2=NCCCCC2)CCCC1. The van der Waals surface area contributed by atoms with Crippen molar-refractivity contribution in [3.05, 3.63) is 0 Å². The van der Waals surface area contributed by atoms with Crippen LogP contribution in [0.15, 0.2) is 4.99 Å². The fraction of sp³-hybridized carbons (Fsp3) is 0.929. The highest BCUT2D eigenvalue weighted by atomic mass is 15.2. The number of likely N-dealkylation sites (N-methyl/N-ethyl adjacent to an activating group) is 1. The summed E-state index contributed by atoms with van der Waals surface area (Å²) in [5.41, 5.74) is 0.384. The van der Waals surface area contributed by atoms with Gasteiger partial charge in [0.1, 0.15) is 0 Å². The molecular formula is C14H27N3. The molecule has 0 radical (unpaired) electrons. The molecule has 0 unspecified atom stereocenters. The minimum Gasteiger partial charge on any atom is -0.372 e. The van der Waals surface area contributed by atoms with Crippen molar-refractivity contribution in [3.63, 3.8) is 0 Å². The fourth-order valence-electron chi connectivity index (χ4n) is 3.10. The average molecular weight is 237 g/mol. The zero-order valence-electron chi connectivity index (χ0n) is 11.5. The Morgan fingerprint density at radius 1 is 1.12 bits per heavy atom. The Bertz CT molecular complexity index is 265.